The Hall–Kier alpha value is -3.38. The lowest BCUT2D eigenvalue weighted by molar-refractivity contribution is 0.284. The van der Waals surface area contributed by atoms with Crippen molar-refractivity contribution in [3.8, 4) is 11.5 Å². The van der Waals surface area contributed by atoms with Gasteiger partial charge in [-0.3, -0.25) is 5.43 Å². The fraction of sp³-hybridized carbons (Fsp3) is 0.167. The van der Waals surface area contributed by atoms with Gasteiger partial charge in [0.1, 0.15) is 6.61 Å². The summed E-state index contributed by atoms with van der Waals surface area (Å²) in [5.41, 5.74) is 6.07. The van der Waals surface area contributed by atoms with E-state index in [9.17, 15) is 0 Å². The maximum absolute atomic E-state index is 5.88. The molecule has 0 bridgehead atoms. The van der Waals surface area contributed by atoms with E-state index in [1.54, 1.807) is 13.3 Å². The number of hydrazone groups is 1. The topological polar surface area (TPSA) is 54.9 Å². The molecule has 0 saturated heterocycles. The number of thiocarbonyl (C=S) groups is 1. The molecule has 0 heterocycles. The van der Waals surface area contributed by atoms with Gasteiger partial charge in [0.15, 0.2) is 16.6 Å². The normalized spacial score (nSPS) is 10.6. The van der Waals surface area contributed by atoms with Gasteiger partial charge in [-0.05, 0) is 53.5 Å². The average molecular weight is 420 g/mol. The molecule has 0 aliphatic rings. The lowest BCUT2D eigenvalue weighted by atomic mass is 10.1. The molecular weight excluding hydrogens is 394 g/mol. The van der Waals surface area contributed by atoms with E-state index in [1.807, 2.05) is 66.7 Å². The van der Waals surface area contributed by atoms with Gasteiger partial charge in [-0.1, -0.05) is 60.7 Å². The van der Waals surface area contributed by atoms with Crippen molar-refractivity contribution in [3.05, 3.63) is 95.6 Å². The van der Waals surface area contributed by atoms with Gasteiger partial charge in [0.05, 0.1) is 13.3 Å². The second-order valence-electron chi connectivity index (χ2n) is 6.55. The Morgan fingerprint density at radius 1 is 0.933 bits per heavy atom. The van der Waals surface area contributed by atoms with E-state index in [-0.39, 0.29) is 0 Å². The van der Waals surface area contributed by atoms with Gasteiger partial charge in [0.25, 0.3) is 0 Å². The molecule has 0 spiro atoms. The third kappa shape index (κ3) is 6.90. The number of rotatable bonds is 9. The van der Waals surface area contributed by atoms with Crippen molar-refractivity contribution in [3.63, 3.8) is 0 Å². The van der Waals surface area contributed by atoms with Crippen LogP contribution in [0.5, 0.6) is 11.5 Å². The summed E-state index contributed by atoms with van der Waals surface area (Å²) in [7, 11) is 1.62. The monoisotopic (exact) mass is 419 g/mol. The Morgan fingerprint density at radius 3 is 2.33 bits per heavy atom. The molecule has 3 aromatic carbocycles. The van der Waals surface area contributed by atoms with Crippen LogP contribution in [0.2, 0.25) is 0 Å². The van der Waals surface area contributed by atoms with E-state index in [2.05, 4.69) is 28.0 Å². The summed E-state index contributed by atoms with van der Waals surface area (Å²) in [6.45, 7) is 1.22. The first-order chi connectivity index (χ1) is 14.7. The van der Waals surface area contributed by atoms with Crippen molar-refractivity contribution in [2.24, 2.45) is 5.10 Å². The van der Waals surface area contributed by atoms with Crippen molar-refractivity contribution in [1.82, 2.24) is 10.7 Å². The minimum atomic E-state index is 0.481. The number of ether oxygens (including phenoxy) is 2. The van der Waals surface area contributed by atoms with Crippen LogP contribution in [-0.2, 0) is 13.0 Å². The van der Waals surface area contributed by atoms with E-state index in [4.69, 9.17) is 21.7 Å². The molecule has 30 heavy (non-hydrogen) atoms. The highest BCUT2D eigenvalue weighted by atomic mass is 32.1. The van der Waals surface area contributed by atoms with Crippen LogP contribution in [0.4, 0.5) is 0 Å². The molecule has 154 valence electrons. The number of methoxy groups -OCH3 is 1. The zero-order chi connectivity index (χ0) is 21.0. The largest absolute Gasteiger partial charge is 0.493 e. The molecule has 0 atom stereocenters. The highest BCUT2D eigenvalue weighted by Crippen LogP contribution is 2.28. The summed E-state index contributed by atoms with van der Waals surface area (Å²) in [4.78, 5) is 0. The first-order valence-electron chi connectivity index (χ1n) is 9.70. The van der Waals surface area contributed by atoms with E-state index < -0.39 is 0 Å². The van der Waals surface area contributed by atoms with E-state index in [0.717, 1.165) is 24.1 Å². The van der Waals surface area contributed by atoms with E-state index in [1.165, 1.54) is 5.56 Å². The fourth-order valence-electron chi connectivity index (χ4n) is 2.79. The third-order valence-electron chi connectivity index (χ3n) is 4.35. The Kier molecular flexibility index (Phi) is 8.23. The molecule has 0 aliphatic heterocycles. The lowest BCUT2D eigenvalue weighted by Gasteiger charge is -2.11. The number of nitrogens with zero attached hydrogens (tertiary/aromatic N) is 1. The number of hydrogen-bond acceptors (Lipinski definition) is 4. The second kappa shape index (κ2) is 11.6. The van der Waals surface area contributed by atoms with Crippen LogP contribution in [0.1, 0.15) is 16.7 Å². The van der Waals surface area contributed by atoms with Gasteiger partial charge in [-0.15, -0.1) is 0 Å². The molecule has 0 unspecified atom stereocenters. The summed E-state index contributed by atoms with van der Waals surface area (Å²) < 4.78 is 11.3. The Morgan fingerprint density at radius 2 is 1.63 bits per heavy atom. The molecule has 3 rings (SSSR count). The number of benzene rings is 3. The van der Waals surface area contributed by atoms with Crippen LogP contribution in [-0.4, -0.2) is 25.0 Å². The first kappa shape index (κ1) is 21.3. The quantitative estimate of drug-likeness (QED) is 0.307. The van der Waals surface area contributed by atoms with Crippen LogP contribution in [0.15, 0.2) is 84.0 Å². The molecule has 0 aliphatic carbocycles. The van der Waals surface area contributed by atoms with E-state index in [0.29, 0.717) is 23.2 Å². The molecule has 3 aromatic rings. The van der Waals surface area contributed by atoms with E-state index >= 15 is 0 Å². The zero-order valence-electron chi connectivity index (χ0n) is 16.9. The molecule has 0 saturated carbocycles. The summed E-state index contributed by atoms with van der Waals surface area (Å²) in [6.07, 6.45) is 2.59. The van der Waals surface area contributed by atoms with Crippen LogP contribution in [0.3, 0.4) is 0 Å². The van der Waals surface area contributed by atoms with Gasteiger partial charge in [-0.2, -0.15) is 5.10 Å². The molecule has 6 heteroatoms. The lowest BCUT2D eigenvalue weighted by Crippen LogP contribution is -2.33. The molecule has 0 radical (unpaired) electrons. The van der Waals surface area contributed by atoms with Crippen molar-refractivity contribution in [2.75, 3.05) is 13.7 Å². The SMILES string of the molecule is COc1cc(/C=N/NC(=S)NCCc2ccccc2)ccc1OCc1ccccc1. The predicted molar refractivity (Wildman–Crippen MR) is 125 cm³/mol. The standard InChI is InChI=1S/C24H25N3O2S/c1-28-23-16-21(12-13-22(23)29-18-20-10-6-3-7-11-20)17-26-27-24(30)25-15-14-19-8-4-2-5-9-19/h2-13,16-17H,14-15,18H2,1H3,(H2,25,27,30)/b26-17+. The first-order valence-corrected chi connectivity index (χ1v) is 10.1. The van der Waals surface area contributed by atoms with Crippen molar-refractivity contribution in [2.45, 2.75) is 13.0 Å². The number of nitrogens with one attached hydrogen (secondary N) is 2. The van der Waals surface area contributed by atoms with Crippen molar-refractivity contribution < 1.29 is 9.47 Å². The maximum Gasteiger partial charge on any atom is 0.186 e. The molecule has 0 fully saturated rings. The van der Waals surface area contributed by atoms with Gasteiger partial charge in [0.2, 0.25) is 0 Å². The highest BCUT2D eigenvalue weighted by Gasteiger charge is 2.05. The minimum Gasteiger partial charge on any atom is -0.493 e. The van der Waals surface area contributed by atoms with Crippen molar-refractivity contribution in [1.29, 1.82) is 0 Å². The summed E-state index contributed by atoms with van der Waals surface area (Å²) in [5, 5.41) is 7.82. The predicted octanol–water partition coefficient (Wildman–Crippen LogP) is 4.31. The van der Waals surface area contributed by atoms with Crippen molar-refractivity contribution >= 4 is 23.5 Å². The summed E-state index contributed by atoms with van der Waals surface area (Å²) in [5.74, 6) is 1.34. The molecular formula is C24H25N3O2S. The summed E-state index contributed by atoms with van der Waals surface area (Å²) in [6, 6.07) is 25.9. The van der Waals surface area contributed by atoms with Crippen LogP contribution >= 0.6 is 12.2 Å². The Labute approximate surface area is 182 Å². The van der Waals surface area contributed by atoms with Crippen LogP contribution < -0.4 is 20.2 Å². The third-order valence-corrected chi connectivity index (χ3v) is 4.58. The number of hydrogen-bond donors (Lipinski definition) is 2. The van der Waals surface area contributed by atoms with Crippen LogP contribution in [0.25, 0.3) is 0 Å². The molecule has 0 amide bonds. The average Bonchev–Trinajstić information content (AvgIpc) is 2.79. The molecule has 0 aromatic heterocycles. The minimum absolute atomic E-state index is 0.481. The van der Waals surface area contributed by atoms with Gasteiger partial charge >= 0.3 is 0 Å². The Bertz CT molecular complexity index is 963. The Balaban J connectivity index is 1.47. The van der Waals surface area contributed by atoms with Gasteiger partial charge < -0.3 is 14.8 Å². The van der Waals surface area contributed by atoms with Crippen LogP contribution in [0, 0.1) is 0 Å². The van der Waals surface area contributed by atoms with Gasteiger partial charge in [-0.25, -0.2) is 0 Å². The molecule has 2 N–H and O–H groups in total. The highest BCUT2D eigenvalue weighted by molar-refractivity contribution is 7.80. The smallest absolute Gasteiger partial charge is 0.186 e. The molecule has 5 nitrogen and oxygen atoms in total. The second-order valence-corrected chi connectivity index (χ2v) is 6.95. The van der Waals surface area contributed by atoms with Gasteiger partial charge in [0, 0.05) is 6.54 Å². The zero-order valence-corrected chi connectivity index (χ0v) is 17.7. The fourth-order valence-corrected chi connectivity index (χ4v) is 2.94. The summed E-state index contributed by atoms with van der Waals surface area (Å²) >= 11 is 5.25. The maximum atomic E-state index is 5.88.